The van der Waals surface area contributed by atoms with E-state index in [4.69, 9.17) is 28.7 Å². The summed E-state index contributed by atoms with van der Waals surface area (Å²) < 4.78 is 43.7. The van der Waals surface area contributed by atoms with E-state index in [9.17, 15) is 28.9 Å². The number of carbonyl (C=O) groups is 2. The fourth-order valence-electron chi connectivity index (χ4n) is 5.66. The van der Waals surface area contributed by atoms with Crippen molar-refractivity contribution in [3.05, 3.63) is 67.8 Å². The van der Waals surface area contributed by atoms with Crippen molar-refractivity contribution in [1.29, 1.82) is 0 Å². The molecule has 51 heavy (non-hydrogen) atoms. The van der Waals surface area contributed by atoms with Crippen molar-refractivity contribution >= 4 is 48.7 Å². The standard InChI is InChI=1S/C17H23O5P.C15H19O7P.C3H9BrSi/c1-10(9-23(4,5)20)6-7-12-15(18)14-13(8-22-17(14)19)11(2)16(12)21-3;1-8(7-23(18,19)20)4-5-10-13(16)12-11(6-22-15(12)17)9(2)14(10)21-3;1-5(2,3)4/h6,18H,7-9H2,1-5H3;4,16H,5-7H2,1-3H3,(H2,18,19,20);1-3H3/b10-6+;8-4+;. The molecular formula is C35H51BrO12P2Si. The summed E-state index contributed by atoms with van der Waals surface area (Å²) >= 11 is 3.51. The van der Waals surface area contributed by atoms with E-state index >= 15 is 0 Å². The molecule has 0 aromatic heterocycles. The van der Waals surface area contributed by atoms with Crippen LogP contribution < -0.4 is 9.47 Å². The SMILES string of the molecule is COc1c(C)c2c(c(O)c1C/C=C(\C)CP(=O)(O)O)C(=O)OC2.COc1c(C)c2c(c(O)c1C/C=C(\C)CP(C)(C)=O)C(=O)OC2.C[Si](C)(C)Br. The third-order valence-electron chi connectivity index (χ3n) is 7.69. The molecule has 2 heterocycles. The molecule has 0 saturated heterocycles. The highest BCUT2D eigenvalue weighted by Gasteiger charge is 2.33. The van der Waals surface area contributed by atoms with Crippen LogP contribution in [0, 0.1) is 13.8 Å². The number of aromatic hydroxyl groups is 2. The Kier molecular flexibility index (Phi) is 15.4. The topological polar surface area (TPSA) is 186 Å². The molecule has 284 valence electrons. The van der Waals surface area contributed by atoms with Gasteiger partial charge in [-0.15, -0.1) is 15.3 Å². The summed E-state index contributed by atoms with van der Waals surface area (Å²) in [5, 5.41) is 20.9. The van der Waals surface area contributed by atoms with Crippen LogP contribution in [0.5, 0.6) is 23.0 Å². The maximum absolute atomic E-state index is 11.9. The summed E-state index contributed by atoms with van der Waals surface area (Å²) in [5.74, 6) is -0.354. The summed E-state index contributed by atoms with van der Waals surface area (Å²) in [6.45, 7) is 16.8. The molecule has 4 N–H and O–H groups in total. The molecule has 2 aromatic carbocycles. The Morgan fingerprint density at radius 2 is 1.12 bits per heavy atom. The number of fused-ring (bicyclic) bond motifs is 2. The number of methoxy groups -OCH3 is 2. The Morgan fingerprint density at radius 3 is 1.41 bits per heavy atom. The van der Waals surface area contributed by atoms with Crippen molar-refractivity contribution < 1.29 is 57.7 Å². The number of phenols is 2. The van der Waals surface area contributed by atoms with Crippen LogP contribution in [0.1, 0.15) is 67.9 Å². The van der Waals surface area contributed by atoms with Gasteiger partial charge in [0.2, 0.25) is 0 Å². The highest BCUT2D eigenvalue weighted by Crippen LogP contribution is 2.44. The second-order valence-electron chi connectivity index (χ2n) is 14.0. The number of carbonyl (C=O) groups excluding carboxylic acids is 2. The minimum absolute atomic E-state index is 0.0785. The third-order valence-corrected chi connectivity index (χ3v) is 9.86. The summed E-state index contributed by atoms with van der Waals surface area (Å²) in [6, 6.07) is 0. The predicted molar refractivity (Wildman–Crippen MR) is 205 cm³/mol. The third kappa shape index (κ3) is 12.6. The first-order valence-corrected chi connectivity index (χ1v) is 26.4. The summed E-state index contributed by atoms with van der Waals surface area (Å²) in [6.07, 6.45) is 4.28. The van der Waals surface area contributed by atoms with Gasteiger partial charge in [0.25, 0.3) is 0 Å². The van der Waals surface area contributed by atoms with Crippen LogP contribution in [0.4, 0.5) is 0 Å². The van der Waals surface area contributed by atoms with E-state index in [1.165, 1.54) is 14.2 Å². The van der Waals surface area contributed by atoms with E-state index in [1.54, 1.807) is 33.3 Å². The van der Waals surface area contributed by atoms with E-state index < -0.39 is 33.4 Å². The molecule has 2 aromatic rings. The molecule has 2 aliphatic heterocycles. The molecule has 0 spiro atoms. The van der Waals surface area contributed by atoms with E-state index in [2.05, 4.69) is 34.9 Å². The minimum atomic E-state index is -4.14. The molecule has 12 nitrogen and oxygen atoms in total. The predicted octanol–water partition coefficient (Wildman–Crippen LogP) is 7.75. The Hall–Kier alpha value is -2.86. The van der Waals surface area contributed by atoms with Crippen molar-refractivity contribution in [2.24, 2.45) is 0 Å². The highest BCUT2D eigenvalue weighted by molar-refractivity contribution is 9.26. The van der Waals surface area contributed by atoms with E-state index in [1.807, 2.05) is 19.9 Å². The van der Waals surface area contributed by atoms with Crippen LogP contribution in [0.3, 0.4) is 0 Å². The number of cyclic esters (lactones) is 2. The lowest BCUT2D eigenvalue weighted by molar-refractivity contribution is 0.0523. The number of phenolic OH excluding ortho intramolecular Hbond substituents is 2. The number of rotatable bonds is 10. The van der Waals surface area contributed by atoms with Gasteiger partial charge in [-0.2, -0.15) is 0 Å². The average molecular weight is 834 g/mol. The zero-order valence-corrected chi connectivity index (χ0v) is 35.6. The number of allylic oxidation sites excluding steroid dienone is 4. The summed E-state index contributed by atoms with van der Waals surface area (Å²) in [4.78, 5) is 41.6. The molecule has 0 fully saturated rings. The van der Waals surface area contributed by atoms with Crippen LogP contribution in [0.2, 0.25) is 19.6 Å². The summed E-state index contributed by atoms with van der Waals surface area (Å²) in [5.41, 5.74) is 5.61. The van der Waals surface area contributed by atoms with Crippen molar-refractivity contribution in [3.8, 4) is 23.0 Å². The van der Waals surface area contributed by atoms with Gasteiger partial charge < -0.3 is 43.5 Å². The lowest BCUT2D eigenvalue weighted by Gasteiger charge is -2.16. The normalized spacial score (nSPS) is 14.4. The number of halogens is 1. The number of hydrogen-bond donors (Lipinski definition) is 4. The Bertz CT molecular complexity index is 1680. The number of hydrogen-bond acceptors (Lipinski definition) is 10. The molecule has 16 heteroatoms. The maximum atomic E-state index is 11.9. The van der Waals surface area contributed by atoms with Gasteiger partial charge in [0.15, 0.2) is 0 Å². The fraction of sp³-hybridized carbons (Fsp3) is 0.486. The van der Waals surface area contributed by atoms with Gasteiger partial charge in [0, 0.05) is 28.4 Å². The molecule has 0 aliphatic carbocycles. The zero-order valence-electron chi connectivity index (χ0n) is 31.2. The Labute approximate surface area is 309 Å². The molecule has 2 aliphatic rings. The van der Waals surface area contributed by atoms with Crippen LogP contribution >= 0.6 is 30.0 Å². The molecule has 0 atom stereocenters. The largest absolute Gasteiger partial charge is 0.507 e. The quantitative estimate of drug-likeness (QED) is 0.0601. The fourth-order valence-corrected chi connectivity index (χ4v) is 7.77. The molecule has 0 saturated carbocycles. The molecule has 4 rings (SSSR count). The second-order valence-corrected chi connectivity index (χ2v) is 30.3. The number of esters is 2. The lowest BCUT2D eigenvalue weighted by Crippen LogP contribution is -2.05. The van der Waals surface area contributed by atoms with Crippen molar-refractivity contribution in [2.45, 2.75) is 73.4 Å². The van der Waals surface area contributed by atoms with Crippen molar-refractivity contribution in [3.63, 3.8) is 0 Å². The van der Waals surface area contributed by atoms with E-state index in [0.29, 0.717) is 57.5 Å². The molecule has 0 radical (unpaired) electrons. The van der Waals surface area contributed by atoms with Crippen LogP contribution in [0.25, 0.3) is 0 Å². The van der Waals surface area contributed by atoms with Crippen LogP contribution in [0.15, 0.2) is 23.3 Å². The Morgan fingerprint density at radius 1 is 0.784 bits per heavy atom. The number of ether oxygens (including phenoxy) is 4. The first kappa shape index (κ1) is 44.3. The van der Waals surface area contributed by atoms with Crippen LogP contribution in [-0.2, 0) is 44.7 Å². The monoisotopic (exact) mass is 832 g/mol. The smallest absolute Gasteiger partial charge is 0.342 e. The molecular weight excluding hydrogens is 782 g/mol. The van der Waals surface area contributed by atoms with Crippen molar-refractivity contribution in [1.82, 2.24) is 0 Å². The van der Waals surface area contributed by atoms with Gasteiger partial charge in [-0.1, -0.05) is 42.9 Å². The van der Waals surface area contributed by atoms with Crippen LogP contribution in [-0.4, -0.2) is 78.5 Å². The maximum Gasteiger partial charge on any atom is 0.342 e. The van der Waals surface area contributed by atoms with Gasteiger partial charge in [0.1, 0.15) is 54.0 Å². The van der Waals surface area contributed by atoms with Gasteiger partial charge in [0.05, 0.1) is 27.5 Å². The van der Waals surface area contributed by atoms with Gasteiger partial charge >= 0.3 is 19.5 Å². The summed E-state index contributed by atoms with van der Waals surface area (Å²) in [7, 11) is -3.29. The first-order chi connectivity index (χ1) is 23.3. The van der Waals surface area contributed by atoms with E-state index in [-0.39, 0.29) is 48.4 Å². The minimum Gasteiger partial charge on any atom is -0.507 e. The highest BCUT2D eigenvalue weighted by atomic mass is 79.9. The van der Waals surface area contributed by atoms with Crippen molar-refractivity contribution in [2.75, 3.05) is 39.9 Å². The molecule has 0 bridgehead atoms. The number of benzene rings is 2. The van der Waals surface area contributed by atoms with Gasteiger partial charge in [-0.05, 0) is 65.0 Å². The zero-order chi connectivity index (χ0) is 39.2. The second kappa shape index (κ2) is 17.8. The van der Waals surface area contributed by atoms with Gasteiger partial charge in [-0.25, -0.2) is 9.59 Å². The molecule has 0 amide bonds. The first-order valence-electron chi connectivity index (χ1n) is 16.1. The lowest BCUT2D eigenvalue weighted by atomic mass is 9.95. The average Bonchev–Trinajstić information content (AvgIpc) is 3.56. The molecule has 0 unspecified atom stereocenters. The van der Waals surface area contributed by atoms with E-state index in [0.717, 1.165) is 11.1 Å². The van der Waals surface area contributed by atoms with Gasteiger partial charge in [-0.3, -0.25) is 4.57 Å². The Balaban J connectivity index is 0.000000312.